The number of benzene rings is 2. The van der Waals surface area contributed by atoms with Crippen LogP contribution in [0.25, 0.3) is 11.1 Å². The molecule has 1 aliphatic carbocycles. The number of hydrogen-bond acceptors (Lipinski definition) is 5. The summed E-state index contributed by atoms with van der Waals surface area (Å²) in [5.41, 5.74) is 4.44. The Kier molecular flexibility index (Phi) is 5.84. The number of carbonyl (C=O) groups is 4. The fraction of sp³-hybridized carbons (Fsp3) is 0.238. The van der Waals surface area contributed by atoms with Crippen molar-refractivity contribution in [2.24, 2.45) is 0 Å². The van der Waals surface area contributed by atoms with E-state index in [1.54, 1.807) is 0 Å². The zero-order valence-corrected chi connectivity index (χ0v) is 15.4. The van der Waals surface area contributed by atoms with Crippen LogP contribution in [0, 0.1) is 0 Å². The molecule has 144 valence electrons. The molecule has 0 aliphatic heterocycles. The molecule has 7 nitrogen and oxygen atoms in total. The van der Waals surface area contributed by atoms with Gasteiger partial charge >= 0.3 is 6.09 Å². The molecule has 3 rings (SSSR count). The Morgan fingerprint density at radius 1 is 0.857 bits per heavy atom. The summed E-state index contributed by atoms with van der Waals surface area (Å²) in [6, 6.07) is 16.0. The van der Waals surface area contributed by atoms with Gasteiger partial charge in [0.1, 0.15) is 13.2 Å². The highest BCUT2D eigenvalue weighted by molar-refractivity contribution is 6.37. The van der Waals surface area contributed by atoms with Gasteiger partial charge < -0.3 is 15.4 Å². The molecule has 2 aromatic carbocycles. The van der Waals surface area contributed by atoms with Gasteiger partial charge in [0.25, 0.3) is 0 Å². The maximum absolute atomic E-state index is 11.9. The molecule has 0 saturated heterocycles. The van der Waals surface area contributed by atoms with Gasteiger partial charge in [-0.1, -0.05) is 48.5 Å². The van der Waals surface area contributed by atoms with Gasteiger partial charge in [0.05, 0.1) is 6.54 Å². The third-order valence-corrected chi connectivity index (χ3v) is 4.58. The Morgan fingerprint density at radius 3 is 2.00 bits per heavy atom. The molecule has 28 heavy (non-hydrogen) atoms. The fourth-order valence-electron chi connectivity index (χ4n) is 3.17. The second-order valence-corrected chi connectivity index (χ2v) is 6.44. The number of Topliss-reactive ketones (excluding diaryl/α,β-unsaturated/α-hetero) is 2. The number of rotatable bonds is 7. The van der Waals surface area contributed by atoms with Gasteiger partial charge in [0.2, 0.25) is 11.7 Å². The SMILES string of the molecule is CC(=O)C(=O)CNC(=O)CNC(=O)OCC1c2ccccc2-c2ccccc21. The predicted octanol–water partition coefficient (Wildman–Crippen LogP) is 1.80. The molecule has 2 amide bonds. The Balaban J connectivity index is 1.52. The molecule has 0 bridgehead atoms. The standard InChI is InChI=1S/C21H20N2O5/c1-13(24)19(25)10-22-20(26)11-23-21(27)28-12-18-16-8-4-2-6-14(16)15-7-3-5-9-17(15)18/h2-9,18H,10-12H2,1H3,(H,22,26)(H,23,27). The first-order valence-electron chi connectivity index (χ1n) is 8.86. The van der Waals surface area contributed by atoms with E-state index in [9.17, 15) is 19.2 Å². The topological polar surface area (TPSA) is 102 Å². The minimum atomic E-state index is -0.727. The van der Waals surface area contributed by atoms with Crippen LogP contribution < -0.4 is 10.6 Å². The van der Waals surface area contributed by atoms with Crippen molar-refractivity contribution < 1.29 is 23.9 Å². The zero-order valence-electron chi connectivity index (χ0n) is 15.4. The average molecular weight is 380 g/mol. The fourth-order valence-corrected chi connectivity index (χ4v) is 3.17. The molecule has 0 atom stereocenters. The summed E-state index contributed by atoms with van der Waals surface area (Å²) >= 11 is 0. The number of alkyl carbamates (subject to hydrolysis) is 1. The van der Waals surface area contributed by atoms with Crippen LogP contribution in [0.15, 0.2) is 48.5 Å². The van der Waals surface area contributed by atoms with E-state index in [1.807, 2.05) is 48.5 Å². The second kappa shape index (κ2) is 8.47. The van der Waals surface area contributed by atoms with E-state index >= 15 is 0 Å². The van der Waals surface area contributed by atoms with Gasteiger partial charge in [-0.05, 0) is 22.3 Å². The largest absolute Gasteiger partial charge is 0.449 e. The van der Waals surface area contributed by atoms with E-state index < -0.39 is 23.6 Å². The first kappa shape index (κ1) is 19.3. The molecule has 2 aromatic rings. The first-order chi connectivity index (χ1) is 13.5. The molecular weight excluding hydrogens is 360 g/mol. The number of carbonyl (C=O) groups excluding carboxylic acids is 4. The Labute approximate surface area is 162 Å². The van der Waals surface area contributed by atoms with Crippen molar-refractivity contribution >= 4 is 23.6 Å². The van der Waals surface area contributed by atoms with E-state index in [1.165, 1.54) is 0 Å². The molecule has 0 spiro atoms. The normalized spacial score (nSPS) is 11.9. The summed E-state index contributed by atoms with van der Waals surface area (Å²) in [5.74, 6) is -1.98. The summed E-state index contributed by atoms with van der Waals surface area (Å²) in [6.45, 7) is 0.538. The quantitative estimate of drug-likeness (QED) is 0.713. The molecule has 0 saturated carbocycles. The van der Waals surface area contributed by atoms with Gasteiger partial charge in [0.15, 0.2) is 5.78 Å². The summed E-state index contributed by atoms with van der Waals surface area (Å²) in [4.78, 5) is 45.5. The smallest absolute Gasteiger partial charge is 0.407 e. The molecular formula is C21H20N2O5. The lowest BCUT2D eigenvalue weighted by Crippen LogP contribution is -2.40. The maximum atomic E-state index is 11.9. The van der Waals surface area contributed by atoms with E-state index in [2.05, 4.69) is 10.6 Å². The third-order valence-electron chi connectivity index (χ3n) is 4.58. The van der Waals surface area contributed by atoms with Crippen molar-refractivity contribution in [2.75, 3.05) is 19.7 Å². The number of ketones is 2. The molecule has 2 N–H and O–H groups in total. The molecule has 0 radical (unpaired) electrons. The molecule has 1 aliphatic rings. The molecule has 7 heteroatoms. The van der Waals surface area contributed by atoms with Crippen molar-refractivity contribution in [3.05, 3.63) is 59.7 Å². The van der Waals surface area contributed by atoms with Crippen LogP contribution in [0.4, 0.5) is 4.79 Å². The van der Waals surface area contributed by atoms with Crippen LogP contribution in [0.1, 0.15) is 24.0 Å². The monoisotopic (exact) mass is 380 g/mol. The van der Waals surface area contributed by atoms with Crippen molar-refractivity contribution in [2.45, 2.75) is 12.8 Å². The Morgan fingerprint density at radius 2 is 1.43 bits per heavy atom. The molecule has 0 unspecified atom stereocenters. The van der Waals surface area contributed by atoms with Gasteiger partial charge in [-0.25, -0.2) is 4.79 Å². The van der Waals surface area contributed by atoms with Crippen molar-refractivity contribution in [3.63, 3.8) is 0 Å². The summed E-state index contributed by atoms with van der Waals surface area (Å²) in [7, 11) is 0. The minimum Gasteiger partial charge on any atom is -0.449 e. The minimum absolute atomic E-state index is 0.0693. The summed E-state index contributed by atoms with van der Waals surface area (Å²) in [6.07, 6.45) is -0.727. The lowest BCUT2D eigenvalue weighted by Gasteiger charge is -2.14. The van der Waals surface area contributed by atoms with Gasteiger partial charge in [-0.15, -0.1) is 0 Å². The summed E-state index contributed by atoms with van der Waals surface area (Å²) < 4.78 is 5.30. The zero-order chi connectivity index (χ0) is 20.1. The lowest BCUT2D eigenvalue weighted by molar-refractivity contribution is -0.135. The Hall–Kier alpha value is -3.48. The van der Waals surface area contributed by atoms with E-state index in [-0.39, 0.29) is 25.6 Å². The van der Waals surface area contributed by atoms with Crippen molar-refractivity contribution in [3.8, 4) is 11.1 Å². The lowest BCUT2D eigenvalue weighted by atomic mass is 9.98. The number of amides is 2. The highest BCUT2D eigenvalue weighted by Gasteiger charge is 2.29. The van der Waals surface area contributed by atoms with Crippen LogP contribution in [-0.2, 0) is 19.1 Å². The van der Waals surface area contributed by atoms with Crippen molar-refractivity contribution in [1.82, 2.24) is 10.6 Å². The average Bonchev–Trinajstić information content (AvgIpc) is 3.02. The van der Waals surface area contributed by atoms with E-state index in [0.717, 1.165) is 29.2 Å². The van der Waals surface area contributed by atoms with Crippen LogP contribution in [0.5, 0.6) is 0 Å². The van der Waals surface area contributed by atoms with Gasteiger partial charge in [-0.3, -0.25) is 14.4 Å². The van der Waals surface area contributed by atoms with Crippen LogP contribution in [0.2, 0.25) is 0 Å². The van der Waals surface area contributed by atoms with Gasteiger partial charge in [-0.2, -0.15) is 0 Å². The van der Waals surface area contributed by atoms with Crippen molar-refractivity contribution in [1.29, 1.82) is 0 Å². The third kappa shape index (κ3) is 4.25. The molecule has 0 heterocycles. The van der Waals surface area contributed by atoms with Crippen LogP contribution in [0.3, 0.4) is 0 Å². The number of ether oxygens (including phenoxy) is 1. The van der Waals surface area contributed by atoms with Crippen LogP contribution in [-0.4, -0.2) is 43.3 Å². The number of hydrogen-bond donors (Lipinski definition) is 2. The Bertz CT molecular complexity index is 892. The van der Waals surface area contributed by atoms with E-state index in [0.29, 0.717) is 0 Å². The van der Waals surface area contributed by atoms with Gasteiger partial charge in [0, 0.05) is 12.8 Å². The first-order valence-corrected chi connectivity index (χ1v) is 8.86. The highest BCUT2D eigenvalue weighted by Crippen LogP contribution is 2.44. The second-order valence-electron chi connectivity index (χ2n) is 6.44. The highest BCUT2D eigenvalue weighted by atomic mass is 16.5. The summed E-state index contributed by atoms with van der Waals surface area (Å²) in [5, 5.41) is 4.60. The van der Waals surface area contributed by atoms with Crippen LogP contribution >= 0.6 is 0 Å². The molecule has 0 aromatic heterocycles. The maximum Gasteiger partial charge on any atom is 0.407 e. The number of fused-ring (bicyclic) bond motifs is 3. The van der Waals surface area contributed by atoms with E-state index in [4.69, 9.17) is 4.74 Å². The predicted molar refractivity (Wildman–Crippen MR) is 102 cm³/mol. The number of nitrogens with one attached hydrogen (secondary N) is 2. The molecule has 0 fully saturated rings.